The summed E-state index contributed by atoms with van der Waals surface area (Å²) in [5.41, 5.74) is 8.18. The lowest BCUT2D eigenvalue weighted by molar-refractivity contribution is 0.465. The maximum absolute atomic E-state index is 6.68. The molecule has 8 aromatic carbocycles. The highest BCUT2D eigenvalue weighted by Gasteiger charge is 2.40. The average Bonchev–Trinajstić information content (AvgIpc) is 3.10. The lowest BCUT2D eigenvalue weighted by Crippen LogP contribution is -2.57. The lowest BCUT2D eigenvalue weighted by Gasteiger charge is -2.33. The van der Waals surface area contributed by atoms with E-state index < -0.39 is 0 Å². The van der Waals surface area contributed by atoms with Crippen molar-refractivity contribution in [3.63, 3.8) is 0 Å². The van der Waals surface area contributed by atoms with E-state index in [0.29, 0.717) is 0 Å². The molecule has 0 aliphatic carbocycles. The van der Waals surface area contributed by atoms with Crippen molar-refractivity contribution in [2.75, 3.05) is 0 Å². The van der Waals surface area contributed by atoms with Gasteiger partial charge in [0.25, 0.3) is 6.71 Å². The minimum Gasteiger partial charge on any atom is -0.458 e. The normalized spacial score (nSPS) is 12.8. The minimum atomic E-state index is 0.0581. The monoisotopic (exact) mass is 572 g/mol. The summed E-state index contributed by atoms with van der Waals surface area (Å²) in [6.07, 6.45) is 0. The highest BCUT2D eigenvalue weighted by atomic mass is 16.5. The van der Waals surface area contributed by atoms with E-state index >= 15 is 0 Å². The third-order valence-electron chi connectivity index (χ3n) is 9.55. The number of benzene rings is 8. The van der Waals surface area contributed by atoms with Gasteiger partial charge in [0, 0.05) is 5.46 Å². The first-order chi connectivity index (χ1) is 22.3. The summed E-state index contributed by atoms with van der Waals surface area (Å²) in [5.74, 6) is 3.51. The minimum absolute atomic E-state index is 0.0581. The highest BCUT2D eigenvalue weighted by Crippen LogP contribution is 2.46. The number of hydrogen-bond donors (Lipinski definition) is 0. The van der Waals surface area contributed by atoms with Gasteiger partial charge in [0.05, 0.1) is 0 Å². The summed E-state index contributed by atoms with van der Waals surface area (Å²) < 4.78 is 13.4. The SMILES string of the molecule is c1ccc2c(c1)Oc1cc(-c3c4ccccc4c(-c4ccc5ccccc5c4)c4ccccc34)cc3c1B2c1ccccc1O3. The van der Waals surface area contributed by atoms with Crippen LogP contribution >= 0.6 is 0 Å². The Morgan fingerprint density at radius 3 is 1.40 bits per heavy atom. The van der Waals surface area contributed by atoms with Crippen molar-refractivity contribution < 1.29 is 9.47 Å². The number of ether oxygens (including phenoxy) is 2. The van der Waals surface area contributed by atoms with Crippen LogP contribution in [0.5, 0.6) is 23.0 Å². The van der Waals surface area contributed by atoms with E-state index in [1.54, 1.807) is 0 Å². The molecule has 0 saturated carbocycles. The average molecular weight is 572 g/mol. The van der Waals surface area contributed by atoms with E-state index in [2.05, 4.69) is 140 Å². The summed E-state index contributed by atoms with van der Waals surface area (Å²) in [6.45, 7) is 0.0581. The van der Waals surface area contributed by atoms with Gasteiger partial charge in [-0.05, 0) is 95.8 Å². The lowest BCUT2D eigenvalue weighted by atomic mass is 9.35. The first kappa shape index (κ1) is 24.6. The van der Waals surface area contributed by atoms with Crippen molar-refractivity contribution in [3.05, 3.63) is 152 Å². The van der Waals surface area contributed by atoms with E-state index in [1.165, 1.54) is 59.9 Å². The zero-order chi connectivity index (χ0) is 29.5. The molecule has 208 valence electrons. The van der Waals surface area contributed by atoms with Gasteiger partial charge in [0.15, 0.2) is 0 Å². The second-order valence-corrected chi connectivity index (χ2v) is 12.0. The van der Waals surface area contributed by atoms with Crippen LogP contribution in [0, 0.1) is 0 Å². The zero-order valence-corrected chi connectivity index (χ0v) is 24.3. The Hall–Kier alpha value is -5.80. The van der Waals surface area contributed by atoms with Gasteiger partial charge < -0.3 is 9.47 Å². The molecule has 0 bridgehead atoms. The first-order valence-electron chi connectivity index (χ1n) is 15.5. The molecule has 2 aliphatic rings. The van der Waals surface area contributed by atoms with E-state index in [0.717, 1.165) is 34.0 Å². The van der Waals surface area contributed by atoms with Crippen LogP contribution in [0.3, 0.4) is 0 Å². The Balaban J connectivity index is 1.27. The molecule has 8 aromatic rings. The van der Waals surface area contributed by atoms with Gasteiger partial charge in [0.2, 0.25) is 0 Å². The quantitative estimate of drug-likeness (QED) is 0.152. The van der Waals surface area contributed by atoms with Crippen LogP contribution < -0.4 is 25.9 Å². The zero-order valence-electron chi connectivity index (χ0n) is 24.3. The molecule has 0 fully saturated rings. The Morgan fingerprint density at radius 2 is 0.822 bits per heavy atom. The second-order valence-electron chi connectivity index (χ2n) is 12.0. The fraction of sp³-hybridized carbons (Fsp3) is 0. The number of fused-ring (bicyclic) bond motifs is 7. The third-order valence-corrected chi connectivity index (χ3v) is 9.55. The number of rotatable bonds is 2. The second kappa shape index (κ2) is 9.35. The van der Waals surface area contributed by atoms with Gasteiger partial charge in [-0.25, -0.2) is 0 Å². The molecule has 2 heterocycles. The van der Waals surface area contributed by atoms with Crippen molar-refractivity contribution in [2.24, 2.45) is 0 Å². The van der Waals surface area contributed by atoms with Crippen LogP contribution in [0.4, 0.5) is 0 Å². The first-order valence-corrected chi connectivity index (χ1v) is 15.5. The molecule has 0 amide bonds. The van der Waals surface area contributed by atoms with Gasteiger partial charge in [-0.2, -0.15) is 0 Å². The molecule has 0 saturated heterocycles. The van der Waals surface area contributed by atoms with Gasteiger partial charge in [-0.15, -0.1) is 0 Å². The Kier molecular flexibility index (Phi) is 5.12. The van der Waals surface area contributed by atoms with Crippen molar-refractivity contribution in [2.45, 2.75) is 0 Å². The molecule has 0 N–H and O–H groups in total. The summed E-state index contributed by atoms with van der Waals surface area (Å²) in [5, 5.41) is 7.35. The van der Waals surface area contributed by atoms with E-state index in [1.807, 2.05) is 12.1 Å². The molecule has 0 radical (unpaired) electrons. The molecule has 3 heteroatoms. The van der Waals surface area contributed by atoms with Crippen LogP contribution in [-0.4, -0.2) is 6.71 Å². The third kappa shape index (κ3) is 3.58. The molecular formula is C42H25BO2. The Morgan fingerprint density at radius 1 is 0.356 bits per heavy atom. The molecule has 10 rings (SSSR count). The summed E-state index contributed by atoms with van der Waals surface area (Å²) in [6, 6.07) is 54.2. The predicted molar refractivity (Wildman–Crippen MR) is 188 cm³/mol. The van der Waals surface area contributed by atoms with Crippen LogP contribution in [0.25, 0.3) is 54.6 Å². The van der Waals surface area contributed by atoms with Crippen LogP contribution in [0.2, 0.25) is 0 Å². The van der Waals surface area contributed by atoms with E-state index in [4.69, 9.17) is 9.47 Å². The van der Waals surface area contributed by atoms with Crippen molar-refractivity contribution in [1.82, 2.24) is 0 Å². The van der Waals surface area contributed by atoms with Crippen LogP contribution in [0.15, 0.2) is 152 Å². The molecule has 2 aliphatic heterocycles. The maximum Gasteiger partial charge on any atom is 0.260 e. The van der Waals surface area contributed by atoms with Gasteiger partial charge in [-0.3, -0.25) is 0 Å². The van der Waals surface area contributed by atoms with Gasteiger partial charge in [-0.1, -0.05) is 121 Å². The Labute approximate surface area is 261 Å². The topological polar surface area (TPSA) is 18.5 Å². The van der Waals surface area contributed by atoms with Gasteiger partial charge >= 0.3 is 0 Å². The molecule has 2 nitrogen and oxygen atoms in total. The molecule has 45 heavy (non-hydrogen) atoms. The number of para-hydroxylation sites is 2. The standard InChI is InChI=1S/C42H25BO2/c1-2-12-27-23-28(22-21-26(27)11-1)40-30-13-3-5-15-32(30)41(33-16-6-4-14-31(33)40)29-24-38-42-39(25-29)45-37-20-10-8-18-35(37)43(42)34-17-7-9-19-36(34)44-38/h1-25H. The summed E-state index contributed by atoms with van der Waals surface area (Å²) >= 11 is 0. The fourth-order valence-corrected chi connectivity index (χ4v) is 7.63. The van der Waals surface area contributed by atoms with Crippen LogP contribution in [0.1, 0.15) is 0 Å². The van der Waals surface area contributed by atoms with Crippen molar-refractivity contribution in [1.29, 1.82) is 0 Å². The van der Waals surface area contributed by atoms with Gasteiger partial charge in [0.1, 0.15) is 23.0 Å². The fourth-order valence-electron chi connectivity index (χ4n) is 7.63. The Bertz CT molecular complexity index is 2390. The molecule has 0 unspecified atom stereocenters. The maximum atomic E-state index is 6.68. The van der Waals surface area contributed by atoms with E-state index in [-0.39, 0.29) is 6.71 Å². The molecule has 0 spiro atoms. The van der Waals surface area contributed by atoms with Crippen molar-refractivity contribution >= 4 is 55.4 Å². The molecular weight excluding hydrogens is 547 g/mol. The van der Waals surface area contributed by atoms with Crippen molar-refractivity contribution in [3.8, 4) is 45.3 Å². The van der Waals surface area contributed by atoms with E-state index in [9.17, 15) is 0 Å². The predicted octanol–water partition coefficient (Wildman–Crippen LogP) is 9.21. The number of hydrogen-bond acceptors (Lipinski definition) is 2. The molecule has 0 aromatic heterocycles. The summed E-state index contributed by atoms with van der Waals surface area (Å²) in [4.78, 5) is 0. The highest BCUT2D eigenvalue weighted by molar-refractivity contribution is 6.98. The smallest absolute Gasteiger partial charge is 0.260 e. The molecule has 0 atom stereocenters. The largest absolute Gasteiger partial charge is 0.458 e. The van der Waals surface area contributed by atoms with Crippen LogP contribution in [-0.2, 0) is 0 Å². The summed E-state index contributed by atoms with van der Waals surface area (Å²) in [7, 11) is 0.